The highest BCUT2D eigenvalue weighted by molar-refractivity contribution is 6.36. The average Bonchev–Trinajstić information content (AvgIpc) is 2.58. The normalized spacial score (nSPS) is 14.1. The molecular formula is C15H10ClFN2O. The maximum Gasteiger partial charge on any atom is 0.246 e. The molecule has 0 aromatic heterocycles. The van der Waals surface area contributed by atoms with Crippen LogP contribution in [-0.4, -0.2) is 18.2 Å². The zero-order valence-electron chi connectivity index (χ0n) is 10.4. The molecular weight excluding hydrogens is 279 g/mol. The first-order chi connectivity index (χ1) is 9.65. The first-order valence-corrected chi connectivity index (χ1v) is 6.42. The molecule has 0 atom stereocenters. The molecule has 20 heavy (non-hydrogen) atoms. The number of nitrogens with zero attached hydrogens (tertiary/aromatic N) is 1. The van der Waals surface area contributed by atoms with Gasteiger partial charge in [-0.25, -0.2) is 4.39 Å². The van der Waals surface area contributed by atoms with Gasteiger partial charge in [-0.05, 0) is 24.3 Å². The van der Waals surface area contributed by atoms with E-state index in [-0.39, 0.29) is 18.3 Å². The lowest BCUT2D eigenvalue weighted by molar-refractivity contribution is -0.114. The van der Waals surface area contributed by atoms with Crippen molar-refractivity contribution < 1.29 is 9.18 Å². The van der Waals surface area contributed by atoms with Gasteiger partial charge in [0.1, 0.15) is 12.4 Å². The number of benzodiazepines with no additional fused rings is 1. The molecule has 0 aliphatic carbocycles. The molecule has 0 radical (unpaired) electrons. The number of halogens is 2. The van der Waals surface area contributed by atoms with Crippen LogP contribution in [0.2, 0.25) is 5.02 Å². The molecule has 1 heterocycles. The Kier molecular flexibility index (Phi) is 3.24. The van der Waals surface area contributed by atoms with E-state index in [0.29, 0.717) is 27.5 Å². The van der Waals surface area contributed by atoms with E-state index in [2.05, 4.69) is 10.3 Å². The van der Waals surface area contributed by atoms with Crippen molar-refractivity contribution in [3.8, 4) is 0 Å². The smallest absolute Gasteiger partial charge is 0.246 e. The van der Waals surface area contributed by atoms with E-state index in [1.807, 2.05) is 6.07 Å². The Morgan fingerprint density at radius 3 is 2.75 bits per heavy atom. The molecule has 1 amide bonds. The van der Waals surface area contributed by atoms with Crippen molar-refractivity contribution in [1.82, 2.24) is 0 Å². The molecule has 2 aromatic rings. The number of anilines is 1. The molecule has 1 aliphatic rings. The van der Waals surface area contributed by atoms with Gasteiger partial charge in [0.05, 0.1) is 11.4 Å². The van der Waals surface area contributed by atoms with Crippen LogP contribution in [-0.2, 0) is 4.79 Å². The van der Waals surface area contributed by atoms with Gasteiger partial charge in [-0.2, -0.15) is 0 Å². The van der Waals surface area contributed by atoms with Crippen LogP contribution in [0.1, 0.15) is 11.1 Å². The van der Waals surface area contributed by atoms with Crippen molar-refractivity contribution in [2.45, 2.75) is 0 Å². The highest BCUT2D eigenvalue weighted by Crippen LogP contribution is 2.26. The monoisotopic (exact) mass is 288 g/mol. The quantitative estimate of drug-likeness (QED) is 0.860. The van der Waals surface area contributed by atoms with Gasteiger partial charge in [-0.15, -0.1) is 0 Å². The Labute approximate surface area is 120 Å². The lowest BCUT2D eigenvalue weighted by atomic mass is 10.0. The lowest BCUT2D eigenvalue weighted by Gasteiger charge is -2.11. The highest BCUT2D eigenvalue weighted by atomic mass is 35.5. The molecule has 0 saturated carbocycles. The number of aliphatic imine (C=N–C) groups is 1. The summed E-state index contributed by atoms with van der Waals surface area (Å²) in [5.74, 6) is -0.625. The van der Waals surface area contributed by atoms with Crippen molar-refractivity contribution in [2.75, 3.05) is 11.9 Å². The summed E-state index contributed by atoms with van der Waals surface area (Å²) in [6.07, 6.45) is 0. The number of amides is 1. The largest absolute Gasteiger partial charge is 0.324 e. The van der Waals surface area contributed by atoms with Crippen molar-refractivity contribution in [1.29, 1.82) is 0 Å². The Bertz CT molecular complexity index is 728. The standard InChI is InChI=1S/C15H10ClFN2O/c16-12-4-2-1-3-10(12)15-11-7-9(17)5-6-13(11)19-14(20)8-18-15/h1-7H,8H2,(H,19,20). The molecule has 1 N–H and O–H groups in total. The first kappa shape index (κ1) is 12.8. The zero-order chi connectivity index (χ0) is 14.1. The summed E-state index contributed by atoms with van der Waals surface area (Å²) in [5.41, 5.74) is 2.26. The Hall–Kier alpha value is -2.20. The SMILES string of the molecule is O=C1CN=C(c2ccccc2Cl)c2cc(F)ccc2N1. The van der Waals surface area contributed by atoms with Gasteiger partial charge in [0.2, 0.25) is 5.91 Å². The van der Waals surface area contributed by atoms with Gasteiger partial charge in [-0.1, -0.05) is 29.8 Å². The van der Waals surface area contributed by atoms with Crippen molar-refractivity contribution in [3.63, 3.8) is 0 Å². The average molecular weight is 289 g/mol. The number of benzene rings is 2. The number of nitrogens with one attached hydrogen (secondary N) is 1. The minimum atomic E-state index is -0.389. The van der Waals surface area contributed by atoms with Crippen LogP contribution in [0.25, 0.3) is 0 Å². The van der Waals surface area contributed by atoms with Gasteiger partial charge < -0.3 is 5.32 Å². The van der Waals surface area contributed by atoms with Crippen LogP contribution >= 0.6 is 11.6 Å². The summed E-state index contributed by atoms with van der Waals surface area (Å²) in [5, 5.41) is 3.22. The molecule has 0 bridgehead atoms. The van der Waals surface area contributed by atoms with E-state index in [1.54, 1.807) is 18.2 Å². The molecule has 3 nitrogen and oxygen atoms in total. The number of hydrogen-bond acceptors (Lipinski definition) is 2. The van der Waals surface area contributed by atoms with Gasteiger partial charge in [0, 0.05) is 16.1 Å². The second-order valence-corrected chi connectivity index (χ2v) is 4.79. The van der Waals surface area contributed by atoms with Gasteiger partial charge in [0.15, 0.2) is 0 Å². The minimum absolute atomic E-state index is 0.0170. The predicted octanol–water partition coefficient (Wildman–Crippen LogP) is 3.27. The van der Waals surface area contributed by atoms with Crippen molar-refractivity contribution in [2.24, 2.45) is 4.99 Å². The molecule has 0 spiro atoms. The van der Waals surface area contributed by atoms with Gasteiger partial charge >= 0.3 is 0 Å². The van der Waals surface area contributed by atoms with E-state index < -0.39 is 0 Å². The summed E-state index contributed by atoms with van der Waals surface area (Å²) in [6, 6.07) is 11.3. The second kappa shape index (κ2) is 5.06. The van der Waals surface area contributed by atoms with Crippen LogP contribution in [0.4, 0.5) is 10.1 Å². The minimum Gasteiger partial charge on any atom is -0.324 e. The topological polar surface area (TPSA) is 41.5 Å². The fourth-order valence-electron chi connectivity index (χ4n) is 2.13. The molecule has 3 rings (SSSR count). The maximum atomic E-state index is 13.5. The van der Waals surface area contributed by atoms with Crippen molar-refractivity contribution in [3.05, 3.63) is 64.4 Å². The molecule has 0 unspecified atom stereocenters. The fourth-order valence-corrected chi connectivity index (χ4v) is 2.36. The fraction of sp³-hybridized carbons (Fsp3) is 0.0667. The summed E-state index contributed by atoms with van der Waals surface area (Å²) in [6.45, 7) is -0.0170. The molecule has 1 aliphatic heterocycles. The number of carbonyl (C=O) groups is 1. The number of fused-ring (bicyclic) bond motifs is 1. The van der Waals surface area contributed by atoms with Crippen LogP contribution < -0.4 is 5.32 Å². The third-order valence-electron chi connectivity index (χ3n) is 3.02. The lowest BCUT2D eigenvalue weighted by Crippen LogP contribution is -2.13. The number of rotatable bonds is 1. The van der Waals surface area contributed by atoms with E-state index in [4.69, 9.17) is 11.6 Å². The summed E-state index contributed by atoms with van der Waals surface area (Å²) < 4.78 is 13.5. The van der Waals surface area contributed by atoms with Crippen LogP contribution in [0, 0.1) is 5.82 Å². The predicted molar refractivity (Wildman–Crippen MR) is 77.0 cm³/mol. The van der Waals surface area contributed by atoms with Crippen molar-refractivity contribution >= 4 is 28.9 Å². The van der Waals surface area contributed by atoms with Crippen LogP contribution in [0.15, 0.2) is 47.5 Å². The molecule has 0 saturated heterocycles. The first-order valence-electron chi connectivity index (χ1n) is 6.04. The Balaban J connectivity index is 2.23. The second-order valence-electron chi connectivity index (χ2n) is 4.38. The highest BCUT2D eigenvalue weighted by Gasteiger charge is 2.19. The van der Waals surface area contributed by atoms with E-state index in [0.717, 1.165) is 0 Å². The molecule has 5 heteroatoms. The summed E-state index contributed by atoms with van der Waals surface area (Å²) >= 11 is 6.17. The summed E-state index contributed by atoms with van der Waals surface area (Å²) in [4.78, 5) is 15.9. The zero-order valence-corrected chi connectivity index (χ0v) is 11.1. The van der Waals surface area contributed by atoms with Gasteiger partial charge in [-0.3, -0.25) is 9.79 Å². The molecule has 0 fully saturated rings. The van der Waals surface area contributed by atoms with E-state index in [1.165, 1.54) is 18.2 Å². The Morgan fingerprint density at radius 1 is 1.15 bits per heavy atom. The molecule has 100 valence electrons. The van der Waals surface area contributed by atoms with Crippen LogP contribution in [0.3, 0.4) is 0 Å². The van der Waals surface area contributed by atoms with Crippen LogP contribution in [0.5, 0.6) is 0 Å². The van der Waals surface area contributed by atoms with E-state index in [9.17, 15) is 9.18 Å². The molecule has 2 aromatic carbocycles. The third kappa shape index (κ3) is 2.30. The maximum absolute atomic E-state index is 13.5. The third-order valence-corrected chi connectivity index (χ3v) is 3.35. The van der Waals surface area contributed by atoms with Gasteiger partial charge in [0.25, 0.3) is 0 Å². The number of carbonyl (C=O) groups excluding carboxylic acids is 1. The van der Waals surface area contributed by atoms with E-state index >= 15 is 0 Å². The number of hydrogen-bond donors (Lipinski definition) is 1. The Morgan fingerprint density at radius 2 is 1.95 bits per heavy atom. The summed E-state index contributed by atoms with van der Waals surface area (Å²) in [7, 11) is 0.